The topological polar surface area (TPSA) is 77.5 Å². The molecule has 0 radical (unpaired) electrons. The van der Waals surface area contributed by atoms with Gasteiger partial charge in [-0.1, -0.05) is 36.4 Å². The minimum absolute atomic E-state index is 0.108. The maximum absolute atomic E-state index is 9.78. The summed E-state index contributed by atoms with van der Waals surface area (Å²) in [5, 5.41) is 11.8. The highest BCUT2D eigenvalue weighted by Gasteiger charge is 2.33. The van der Waals surface area contributed by atoms with Crippen molar-refractivity contribution in [3.8, 4) is 23.3 Å². The van der Waals surface area contributed by atoms with E-state index >= 15 is 0 Å². The predicted octanol–water partition coefficient (Wildman–Crippen LogP) is 4.08. The summed E-state index contributed by atoms with van der Waals surface area (Å²) in [4.78, 5) is 0. The molecular weight excluding hydrogens is 340 g/mol. The van der Waals surface area contributed by atoms with Crippen molar-refractivity contribution >= 4 is 10.8 Å². The minimum Gasteiger partial charge on any atom is -0.497 e. The van der Waals surface area contributed by atoms with E-state index in [2.05, 4.69) is 6.07 Å². The summed E-state index contributed by atoms with van der Waals surface area (Å²) >= 11 is 0. The van der Waals surface area contributed by atoms with Crippen LogP contribution in [0.4, 0.5) is 0 Å². The SMILES string of the molecule is COc1ccc(OC)c(C2C(C#N)=C(N)Oc3c2ccc2ccccc32)c1. The van der Waals surface area contributed by atoms with Gasteiger partial charge >= 0.3 is 0 Å². The second-order valence-electron chi connectivity index (χ2n) is 6.24. The van der Waals surface area contributed by atoms with Gasteiger partial charge < -0.3 is 19.9 Å². The van der Waals surface area contributed by atoms with Crippen LogP contribution in [0.5, 0.6) is 17.2 Å². The van der Waals surface area contributed by atoms with Gasteiger partial charge in [0.25, 0.3) is 0 Å². The first kappa shape index (κ1) is 16.8. The maximum atomic E-state index is 9.78. The fraction of sp³-hybridized carbons (Fsp3) is 0.136. The van der Waals surface area contributed by atoms with Gasteiger partial charge in [0, 0.05) is 16.5 Å². The second-order valence-corrected chi connectivity index (χ2v) is 6.24. The molecule has 0 aromatic heterocycles. The number of methoxy groups -OCH3 is 2. The first-order valence-corrected chi connectivity index (χ1v) is 8.49. The molecule has 0 amide bonds. The number of ether oxygens (including phenoxy) is 3. The highest BCUT2D eigenvalue weighted by Crippen LogP contribution is 2.48. The van der Waals surface area contributed by atoms with Gasteiger partial charge in [0.15, 0.2) is 0 Å². The molecule has 4 rings (SSSR count). The molecule has 3 aromatic carbocycles. The molecule has 0 fully saturated rings. The van der Waals surface area contributed by atoms with Crippen LogP contribution in [0, 0.1) is 11.3 Å². The molecule has 0 spiro atoms. The zero-order valence-electron chi connectivity index (χ0n) is 15.0. The molecular formula is C22H18N2O3. The van der Waals surface area contributed by atoms with Crippen molar-refractivity contribution in [2.45, 2.75) is 5.92 Å². The Balaban J connectivity index is 2.03. The van der Waals surface area contributed by atoms with Crippen molar-refractivity contribution in [3.05, 3.63) is 77.2 Å². The van der Waals surface area contributed by atoms with Crippen molar-refractivity contribution < 1.29 is 14.2 Å². The normalized spacial score (nSPS) is 15.7. The molecule has 1 unspecified atom stereocenters. The second kappa shape index (κ2) is 6.58. The molecule has 5 nitrogen and oxygen atoms in total. The van der Waals surface area contributed by atoms with Gasteiger partial charge in [-0.2, -0.15) is 5.26 Å². The number of allylic oxidation sites excluding steroid dienone is 1. The molecule has 1 atom stereocenters. The highest BCUT2D eigenvalue weighted by atomic mass is 16.5. The van der Waals surface area contributed by atoms with E-state index in [1.807, 2.05) is 54.6 Å². The summed E-state index contributed by atoms with van der Waals surface area (Å²) in [5.74, 6) is 1.70. The van der Waals surface area contributed by atoms with Crippen LogP contribution in [-0.2, 0) is 0 Å². The van der Waals surface area contributed by atoms with Gasteiger partial charge in [0.05, 0.1) is 20.1 Å². The van der Waals surface area contributed by atoms with Crippen LogP contribution in [0.1, 0.15) is 17.0 Å². The zero-order chi connectivity index (χ0) is 19.0. The van der Waals surface area contributed by atoms with E-state index in [-0.39, 0.29) is 5.88 Å². The van der Waals surface area contributed by atoms with E-state index in [0.29, 0.717) is 22.8 Å². The molecule has 27 heavy (non-hydrogen) atoms. The van der Waals surface area contributed by atoms with E-state index in [1.165, 1.54) is 0 Å². The maximum Gasteiger partial charge on any atom is 0.205 e. The molecule has 1 aliphatic rings. The first-order valence-electron chi connectivity index (χ1n) is 8.49. The van der Waals surface area contributed by atoms with Gasteiger partial charge in [-0.25, -0.2) is 0 Å². The molecule has 1 aliphatic heterocycles. The highest BCUT2D eigenvalue weighted by molar-refractivity contribution is 5.91. The third-order valence-electron chi connectivity index (χ3n) is 4.86. The van der Waals surface area contributed by atoms with E-state index in [9.17, 15) is 5.26 Å². The lowest BCUT2D eigenvalue weighted by atomic mass is 9.82. The molecule has 2 N–H and O–H groups in total. The summed E-state index contributed by atoms with van der Waals surface area (Å²) in [6.07, 6.45) is 0. The van der Waals surface area contributed by atoms with Crippen molar-refractivity contribution in [2.24, 2.45) is 5.73 Å². The molecule has 0 saturated heterocycles. The Bertz CT molecular complexity index is 1110. The number of rotatable bonds is 3. The summed E-state index contributed by atoms with van der Waals surface area (Å²) in [6.45, 7) is 0. The number of hydrogen-bond donors (Lipinski definition) is 1. The summed E-state index contributed by atoms with van der Waals surface area (Å²) in [7, 11) is 3.21. The number of nitrogens with zero attached hydrogens (tertiary/aromatic N) is 1. The lowest BCUT2D eigenvalue weighted by Gasteiger charge is -2.28. The van der Waals surface area contributed by atoms with Crippen LogP contribution >= 0.6 is 0 Å². The fourth-order valence-corrected chi connectivity index (χ4v) is 3.57. The van der Waals surface area contributed by atoms with Crippen LogP contribution in [0.25, 0.3) is 10.8 Å². The van der Waals surface area contributed by atoms with E-state index in [4.69, 9.17) is 19.9 Å². The van der Waals surface area contributed by atoms with Gasteiger partial charge in [0.2, 0.25) is 5.88 Å². The Labute approximate surface area is 157 Å². The van der Waals surface area contributed by atoms with Crippen molar-refractivity contribution in [3.63, 3.8) is 0 Å². The van der Waals surface area contributed by atoms with E-state index in [1.54, 1.807) is 14.2 Å². The first-order chi connectivity index (χ1) is 13.2. The average molecular weight is 358 g/mol. The number of nitrogens with two attached hydrogens (primary N) is 1. The van der Waals surface area contributed by atoms with Gasteiger partial charge in [-0.05, 0) is 23.6 Å². The summed E-state index contributed by atoms with van der Waals surface area (Å²) < 4.78 is 16.8. The summed E-state index contributed by atoms with van der Waals surface area (Å²) in [6, 6.07) is 19.7. The molecule has 1 heterocycles. The molecule has 3 aromatic rings. The fourth-order valence-electron chi connectivity index (χ4n) is 3.57. The Hall–Kier alpha value is -3.65. The molecule has 134 valence electrons. The Kier molecular flexibility index (Phi) is 4.09. The van der Waals surface area contributed by atoms with Crippen LogP contribution in [0.3, 0.4) is 0 Å². The monoisotopic (exact) mass is 358 g/mol. The largest absolute Gasteiger partial charge is 0.497 e. The lowest BCUT2D eigenvalue weighted by Crippen LogP contribution is -2.21. The zero-order valence-corrected chi connectivity index (χ0v) is 15.0. The molecule has 0 aliphatic carbocycles. The van der Waals surface area contributed by atoms with E-state index < -0.39 is 5.92 Å². The van der Waals surface area contributed by atoms with Gasteiger partial charge in [0.1, 0.15) is 28.9 Å². The number of benzene rings is 3. The number of hydrogen-bond acceptors (Lipinski definition) is 5. The Morgan fingerprint density at radius 2 is 1.81 bits per heavy atom. The molecule has 0 bridgehead atoms. The van der Waals surface area contributed by atoms with E-state index in [0.717, 1.165) is 21.9 Å². The Morgan fingerprint density at radius 3 is 2.56 bits per heavy atom. The number of nitriles is 1. The minimum atomic E-state index is -0.409. The molecule has 5 heteroatoms. The van der Waals surface area contributed by atoms with Crippen molar-refractivity contribution in [1.82, 2.24) is 0 Å². The Morgan fingerprint density at radius 1 is 1.00 bits per heavy atom. The quantitative estimate of drug-likeness (QED) is 0.763. The van der Waals surface area contributed by atoms with Crippen LogP contribution in [0.15, 0.2) is 66.1 Å². The predicted molar refractivity (Wildman–Crippen MR) is 103 cm³/mol. The van der Waals surface area contributed by atoms with Crippen molar-refractivity contribution in [2.75, 3.05) is 14.2 Å². The van der Waals surface area contributed by atoms with Gasteiger partial charge in [-0.15, -0.1) is 0 Å². The third-order valence-corrected chi connectivity index (χ3v) is 4.86. The summed E-state index contributed by atoms with van der Waals surface area (Å²) in [5.41, 5.74) is 8.17. The average Bonchev–Trinajstić information content (AvgIpc) is 2.72. The van der Waals surface area contributed by atoms with Crippen LogP contribution in [0.2, 0.25) is 0 Å². The number of fused-ring (bicyclic) bond motifs is 3. The van der Waals surface area contributed by atoms with Crippen LogP contribution in [-0.4, -0.2) is 14.2 Å². The lowest BCUT2D eigenvalue weighted by molar-refractivity contribution is 0.386. The van der Waals surface area contributed by atoms with Crippen molar-refractivity contribution in [1.29, 1.82) is 5.26 Å². The third kappa shape index (κ3) is 2.63. The van der Waals surface area contributed by atoms with Gasteiger partial charge in [-0.3, -0.25) is 0 Å². The standard InChI is InChI=1S/C22H18N2O3/c1-25-14-8-10-19(26-2)17(11-14)20-16-9-7-13-5-3-4-6-15(13)21(16)27-22(24)18(20)12-23/h3-11,20H,24H2,1-2H3. The van der Waals surface area contributed by atoms with Crippen LogP contribution < -0.4 is 19.9 Å². The molecule has 0 saturated carbocycles. The smallest absolute Gasteiger partial charge is 0.205 e.